The molecule has 0 saturated heterocycles. The van der Waals surface area contributed by atoms with Crippen LogP contribution in [-0.4, -0.2) is 55.2 Å². The van der Waals surface area contributed by atoms with E-state index in [0.717, 1.165) is 39.2 Å². The third kappa shape index (κ3) is 4.40. The normalized spacial score (nSPS) is 12.7. The summed E-state index contributed by atoms with van der Waals surface area (Å²) in [5.74, 6) is 0. The number of oxime groups is 1. The highest BCUT2D eigenvalue weighted by Gasteiger charge is 2.19. The van der Waals surface area contributed by atoms with Crippen LogP contribution >= 0.6 is 11.3 Å². The van der Waals surface area contributed by atoms with Crippen molar-refractivity contribution in [3.63, 3.8) is 0 Å². The van der Waals surface area contributed by atoms with Crippen molar-refractivity contribution in [2.45, 2.75) is 39.0 Å². The fourth-order valence-corrected chi connectivity index (χ4v) is 5.85. The maximum atomic E-state index is 13.4. The lowest BCUT2D eigenvalue weighted by atomic mass is 10.1. The Morgan fingerprint density at radius 1 is 1.17 bits per heavy atom. The number of thiazole rings is 1. The van der Waals surface area contributed by atoms with E-state index >= 15 is 0 Å². The molecule has 0 amide bonds. The second-order valence-corrected chi connectivity index (χ2v) is 16.4. The van der Waals surface area contributed by atoms with Gasteiger partial charge in [-0.15, -0.1) is 11.3 Å². The molecular weight excluding hydrogens is 482 g/mol. The summed E-state index contributed by atoms with van der Waals surface area (Å²) < 4.78 is 11.8. The third-order valence-corrected chi connectivity index (χ3v) is 8.73. The molecule has 12 heteroatoms. The zero-order chi connectivity index (χ0) is 24.7. The molecule has 5 rings (SSSR count). The summed E-state index contributed by atoms with van der Waals surface area (Å²) in [6.07, 6.45) is 4.80. The molecule has 0 fully saturated rings. The lowest BCUT2D eigenvalue weighted by Gasteiger charge is -2.15. The first-order valence-corrected chi connectivity index (χ1v) is 15.8. The second-order valence-electron chi connectivity index (χ2n) is 9.72. The first-order valence-electron chi connectivity index (χ1n) is 11.3. The monoisotopic (exact) mass is 509 g/mol. The summed E-state index contributed by atoms with van der Waals surface area (Å²) in [5.41, 5.74) is 2.94. The maximum absolute atomic E-state index is 13.4. The van der Waals surface area contributed by atoms with Crippen LogP contribution < -0.4 is 5.56 Å². The van der Waals surface area contributed by atoms with Crippen molar-refractivity contribution in [2.24, 2.45) is 12.2 Å². The van der Waals surface area contributed by atoms with Gasteiger partial charge in [-0.25, -0.2) is 14.3 Å². The Balaban J connectivity index is 1.44. The molecule has 1 aromatic carbocycles. The molecule has 0 unspecified atom stereocenters. The van der Waals surface area contributed by atoms with Crippen LogP contribution in [0.2, 0.25) is 25.7 Å². The first-order chi connectivity index (χ1) is 16.8. The zero-order valence-corrected chi connectivity index (χ0v) is 21.9. The van der Waals surface area contributed by atoms with Crippen molar-refractivity contribution in [3.8, 4) is 0 Å². The van der Waals surface area contributed by atoms with Crippen molar-refractivity contribution in [3.05, 3.63) is 51.5 Å². The average Bonchev–Trinajstić information content (AvgIpc) is 3.48. The quantitative estimate of drug-likeness (QED) is 0.112. The minimum Gasteiger partial charge on any atom is -0.411 e. The van der Waals surface area contributed by atoms with E-state index in [1.165, 1.54) is 22.2 Å². The Kier molecular flexibility index (Phi) is 6.03. The molecule has 0 aliphatic rings. The van der Waals surface area contributed by atoms with Crippen molar-refractivity contribution in [1.82, 2.24) is 29.1 Å². The fourth-order valence-electron chi connectivity index (χ4n) is 4.12. The molecule has 4 heterocycles. The van der Waals surface area contributed by atoms with Gasteiger partial charge in [-0.3, -0.25) is 4.79 Å². The third-order valence-electron chi connectivity index (χ3n) is 6.02. The van der Waals surface area contributed by atoms with E-state index in [0.29, 0.717) is 29.4 Å². The minimum atomic E-state index is -1.14. The largest absolute Gasteiger partial charge is 0.411 e. The number of hydrogen-bond donors (Lipinski definition) is 1. The number of fused-ring (bicyclic) bond motifs is 4. The van der Waals surface area contributed by atoms with Crippen molar-refractivity contribution >= 4 is 57.8 Å². The van der Waals surface area contributed by atoms with Crippen molar-refractivity contribution in [2.75, 3.05) is 6.61 Å². The fraction of sp³-hybridized carbons (Fsp3) is 0.348. The standard InChI is InChI=1S/C23H27N7O3SSi/c1-28-20-17(21-22(28)27-19(34-21)12-26-32)11-24-29(23(20)31)13-15-6-5-7-18-16(15)10-25-30(18)14-33-8-9-35(2,3)4/h5-7,10-12,32H,8-9,13-14H2,1-4H3/b26-12+. The highest BCUT2D eigenvalue weighted by Crippen LogP contribution is 2.30. The van der Waals surface area contributed by atoms with Crippen LogP contribution in [0.15, 0.2) is 40.5 Å². The first kappa shape index (κ1) is 23.4. The molecule has 5 aromatic rings. The summed E-state index contributed by atoms with van der Waals surface area (Å²) in [5, 5.41) is 23.1. The van der Waals surface area contributed by atoms with Crippen LogP contribution in [0.3, 0.4) is 0 Å². The molecule has 10 nitrogen and oxygen atoms in total. The highest BCUT2D eigenvalue weighted by molar-refractivity contribution is 7.21. The Bertz CT molecular complexity index is 1620. The Morgan fingerprint density at radius 3 is 2.71 bits per heavy atom. The molecule has 0 saturated carbocycles. The summed E-state index contributed by atoms with van der Waals surface area (Å²) >= 11 is 1.35. The smallest absolute Gasteiger partial charge is 0.291 e. The van der Waals surface area contributed by atoms with Gasteiger partial charge in [0.15, 0.2) is 5.65 Å². The van der Waals surface area contributed by atoms with Crippen molar-refractivity contribution in [1.29, 1.82) is 0 Å². The van der Waals surface area contributed by atoms with Gasteiger partial charge in [0.25, 0.3) is 5.56 Å². The second kappa shape index (κ2) is 9.02. The van der Waals surface area contributed by atoms with Gasteiger partial charge in [0.05, 0.1) is 29.2 Å². The van der Waals surface area contributed by atoms with Gasteiger partial charge < -0.3 is 14.5 Å². The highest BCUT2D eigenvalue weighted by atomic mass is 32.1. The number of benzene rings is 1. The molecule has 0 spiro atoms. The van der Waals surface area contributed by atoms with Gasteiger partial charge in [0.2, 0.25) is 0 Å². The molecule has 182 valence electrons. The van der Waals surface area contributed by atoms with Crippen LogP contribution in [-0.2, 0) is 25.1 Å². The Hall–Kier alpha value is -3.35. The van der Waals surface area contributed by atoms with Gasteiger partial charge in [0, 0.05) is 32.5 Å². The van der Waals surface area contributed by atoms with Gasteiger partial charge >= 0.3 is 0 Å². The number of rotatable bonds is 8. The van der Waals surface area contributed by atoms with Gasteiger partial charge in [-0.1, -0.05) is 36.9 Å². The SMILES string of the molecule is Cn1c2nc(/C=N/O)sc2c2cnn(Cc3cccc4c3cnn4COCC[Si](C)(C)C)c(=O)c21. The van der Waals surface area contributed by atoms with Crippen LogP contribution in [0.5, 0.6) is 0 Å². The number of hydrogen-bond acceptors (Lipinski definition) is 8. The van der Waals surface area contributed by atoms with Crippen LogP contribution in [0.4, 0.5) is 0 Å². The molecule has 0 atom stereocenters. The number of aryl methyl sites for hydroxylation is 1. The van der Waals surface area contributed by atoms with Crippen LogP contribution in [0.25, 0.3) is 32.2 Å². The number of ether oxygens (including phenoxy) is 1. The molecule has 0 radical (unpaired) electrons. The van der Waals surface area contributed by atoms with E-state index < -0.39 is 8.07 Å². The number of nitrogens with zero attached hydrogens (tertiary/aromatic N) is 7. The summed E-state index contributed by atoms with van der Waals surface area (Å²) in [6.45, 7) is 8.45. The van der Waals surface area contributed by atoms with E-state index in [-0.39, 0.29) is 5.56 Å². The van der Waals surface area contributed by atoms with Gasteiger partial charge in [0.1, 0.15) is 23.5 Å². The lowest BCUT2D eigenvalue weighted by Crippen LogP contribution is -2.24. The number of aromatic nitrogens is 6. The van der Waals surface area contributed by atoms with Gasteiger partial charge in [-0.2, -0.15) is 10.2 Å². The molecule has 0 bridgehead atoms. The van der Waals surface area contributed by atoms with E-state index in [4.69, 9.17) is 9.94 Å². The van der Waals surface area contributed by atoms with E-state index in [1.54, 1.807) is 10.8 Å². The summed E-state index contributed by atoms with van der Waals surface area (Å²) in [6, 6.07) is 7.08. The van der Waals surface area contributed by atoms with E-state index in [9.17, 15) is 4.79 Å². The van der Waals surface area contributed by atoms with E-state index in [1.807, 2.05) is 36.1 Å². The summed E-state index contributed by atoms with van der Waals surface area (Å²) in [4.78, 5) is 17.8. The molecule has 35 heavy (non-hydrogen) atoms. The molecule has 1 N–H and O–H groups in total. The topological polar surface area (TPSA) is 112 Å². The molecule has 4 aromatic heterocycles. The van der Waals surface area contributed by atoms with Crippen molar-refractivity contribution < 1.29 is 9.94 Å². The zero-order valence-electron chi connectivity index (χ0n) is 20.1. The molecule has 0 aliphatic carbocycles. The molecular formula is C23H27N7O3SSi. The predicted octanol–water partition coefficient (Wildman–Crippen LogP) is 3.86. The lowest BCUT2D eigenvalue weighted by molar-refractivity contribution is 0.0817. The van der Waals surface area contributed by atoms with Crippen LogP contribution in [0, 0.1) is 0 Å². The van der Waals surface area contributed by atoms with E-state index in [2.05, 4.69) is 40.0 Å². The minimum absolute atomic E-state index is 0.188. The summed E-state index contributed by atoms with van der Waals surface area (Å²) in [7, 11) is 0.666. The van der Waals surface area contributed by atoms with Crippen LogP contribution in [0.1, 0.15) is 10.6 Å². The molecule has 0 aliphatic heterocycles. The predicted molar refractivity (Wildman–Crippen MR) is 140 cm³/mol. The van der Waals surface area contributed by atoms with Gasteiger partial charge in [-0.05, 0) is 17.7 Å². The Morgan fingerprint density at radius 2 is 1.94 bits per heavy atom. The average molecular weight is 510 g/mol. The maximum Gasteiger partial charge on any atom is 0.291 e. The Labute approximate surface area is 206 Å².